The number of nitrogens with two attached hydrogens (primary N) is 1. The van der Waals surface area contributed by atoms with Crippen molar-refractivity contribution in [3.63, 3.8) is 0 Å². The molecule has 0 saturated carbocycles. The van der Waals surface area contributed by atoms with Gasteiger partial charge in [-0.15, -0.1) is 0 Å². The van der Waals surface area contributed by atoms with E-state index in [1.165, 1.54) is 11.3 Å². The van der Waals surface area contributed by atoms with Crippen LogP contribution in [0.25, 0.3) is 11.0 Å². The van der Waals surface area contributed by atoms with E-state index in [1.807, 2.05) is 29.8 Å². The summed E-state index contributed by atoms with van der Waals surface area (Å²) in [5.74, 6) is 0.902. The van der Waals surface area contributed by atoms with Crippen molar-refractivity contribution < 1.29 is 4.42 Å². The van der Waals surface area contributed by atoms with E-state index in [1.54, 1.807) is 0 Å². The molecule has 2 aromatic heterocycles. The monoisotopic (exact) mass is 269 g/mol. The molecule has 0 aliphatic carbocycles. The van der Waals surface area contributed by atoms with Crippen LogP contribution in [-0.2, 0) is 13.1 Å². The summed E-state index contributed by atoms with van der Waals surface area (Å²) in [4.78, 5) is 0. The second-order valence-corrected chi connectivity index (χ2v) is 5.16. The van der Waals surface area contributed by atoms with Crippen LogP contribution in [0.3, 0.4) is 0 Å². The Morgan fingerprint density at radius 3 is 2.60 bits per heavy atom. The van der Waals surface area contributed by atoms with Gasteiger partial charge in [0.25, 0.3) is 0 Å². The fraction of sp³-hybridized carbons (Fsp3) is 0.312. The Balaban J connectivity index is 2.08. The Bertz CT molecular complexity index is 767. The molecule has 0 saturated heterocycles. The maximum absolute atomic E-state index is 5.96. The highest BCUT2D eigenvalue weighted by Crippen LogP contribution is 2.26. The van der Waals surface area contributed by atoms with E-state index in [0.29, 0.717) is 13.1 Å². The number of para-hydroxylation sites is 1. The van der Waals surface area contributed by atoms with Crippen LogP contribution in [-0.4, -0.2) is 9.78 Å². The first kappa shape index (κ1) is 12.9. The lowest BCUT2D eigenvalue weighted by Crippen LogP contribution is -2.07. The zero-order chi connectivity index (χ0) is 14.3. The van der Waals surface area contributed by atoms with Gasteiger partial charge in [0.05, 0.1) is 12.2 Å². The minimum atomic E-state index is 0.477. The van der Waals surface area contributed by atoms with Gasteiger partial charge in [-0.05, 0) is 32.4 Å². The number of benzene rings is 1. The maximum atomic E-state index is 5.96. The van der Waals surface area contributed by atoms with Crippen molar-refractivity contribution in [1.29, 1.82) is 0 Å². The zero-order valence-corrected chi connectivity index (χ0v) is 12.1. The highest BCUT2D eigenvalue weighted by Gasteiger charge is 2.15. The molecule has 0 aliphatic rings. The fourth-order valence-corrected chi connectivity index (χ4v) is 2.58. The second-order valence-electron chi connectivity index (χ2n) is 5.16. The van der Waals surface area contributed by atoms with Crippen molar-refractivity contribution in [3.8, 4) is 0 Å². The average molecular weight is 269 g/mol. The molecule has 2 N–H and O–H groups in total. The predicted molar refractivity (Wildman–Crippen MR) is 79.6 cm³/mol. The van der Waals surface area contributed by atoms with Gasteiger partial charge in [0.1, 0.15) is 11.3 Å². The fourth-order valence-electron chi connectivity index (χ4n) is 2.58. The molecule has 0 radical (unpaired) electrons. The minimum absolute atomic E-state index is 0.477. The lowest BCUT2D eigenvalue weighted by atomic mass is 10.1. The number of aryl methyl sites for hydroxylation is 1. The highest BCUT2D eigenvalue weighted by molar-refractivity contribution is 5.82. The SMILES string of the molecule is Cc1nn(Cc2oc3ccccc3c2CN)c(C)c1C. The van der Waals surface area contributed by atoms with Crippen LogP contribution in [0.5, 0.6) is 0 Å². The molecule has 4 nitrogen and oxygen atoms in total. The molecule has 0 spiro atoms. The third-order valence-electron chi connectivity index (χ3n) is 4.02. The number of fused-ring (bicyclic) bond motifs is 1. The third kappa shape index (κ3) is 1.93. The molecule has 20 heavy (non-hydrogen) atoms. The molecule has 1 aromatic carbocycles. The Labute approximate surface area is 118 Å². The number of aromatic nitrogens is 2. The lowest BCUT2D eigenvalue weighted by Gasteiger charge is -2.04. The molecule has 3 rings (SSSR count). The van der Waals surface area contributed by atoms with Gasteiger partial charge in [0.15, 0.2) is 0 Å². The lowest BCUT2D eigenvalue weighted by molar-refractivity contribution is 0.498. The van der Waals surface area contributed by atoms with Crippen LogP contribution >= 0.6 is 0 Å². The smallest absolute Gasteiger partial charge is 0.134 e. The van der Waals surface area contributed by atoms with Crippen molar-refractivity contribution in [2.75, 3.05) is 0 Å². The summed E-state index contributed by atoms with van der Waals surface area (Å²) in [6.45, 7) is 7.31. The number of furan rings is 1. The van der Waals surface area contributed by atoms with Crippen LogP contribution in [0.2, 0.25) is 0 Å². The van der Waals surface area contributed by atoms with Crippen molar-refractivity contribution in [2.24, 2.45) is 5.73 Å². The van der Waals surface area contributed by atoms with E-state index < -0.39 is 0 Å². The second kappa shape index (κ2) is 4.80. The maximum Gasteiger partial charge on any atom is 0.134 e. The van der Waals surface area contributed by atoms with Crippen molar-refractivity contribution >= 4 is 11.0 Å². The minimum Gasteiger partial charge on any atom is -0.459 e. The molecular formula is C16H19N3O. The number of nitrogens with zero attached hydrogens (tertiary/aromatic N) is 2. The molecule has 0 bridgehead atoms. The largest absolute Gasteiger partial charge is 0.459 e. The van der Waals surface area contributed by atoms with Crippen LogP contribution in [0.15, 0.2) is 28.7 Å². The van der Waals surface area contributed by atoms with Gasteiger partial charge in [-0.1, -0.05) is 18.2 Å². The summed E-state index contributed by atoms with van der Waals surface area (Å²) in [7, 11) is 0. The molecule has 0 aliphatic heterocycles. The Hall–Kier alpha value is -2.07. The van der Waals surface area contributed by atoms with Gasteiger partial charge < -0.3 is 10.2 Å². The Morgan fingerprint density at radius 1 is 1.20 bits per heavy atom. The highest BCUT2D eigenvalue weighted by atomic mass is 16.3. The summed E-state index contributed by atoms with van der Waals surface area (Å²) >= 11 is 0. The van der Waals surface area contributed by atoms with Crippen molar-refractivity contribution in [2.45, 2.75) is 33.9 Å². The molecule has 0 atom stereocenters. The van der Waals surface area contributed by atoms with E-state index in [-0.39, 0.29) is 0 Å². The molecular weight excluding hydrogens is 250 g/mol. The molecule has 104 valence electrons. The molecule has 4 heteroatoms. The Kier molecular flexibility index (Phi) is 3.10. The van der Waals surface area contributed by atoms with Gasteiger partial charge in [-0.2, -0.15) is 5.10 Å². The van der Waals surface area contributed by atoms with E-state index >= 15 is 0 Å². The summed E-state index contributed by atoms with van der Waals surface area (Å²) < 4.78 is 7.94. The first-order chi connectivity index (χ1) is 9.61. The summed E-state index contributed by atoms with van der Waals surface area (Å²) in [6, 6.07) is 8.01. The van der Waals surface area contributed by atoms with E-state index in [0.717, 1.165) is 28.0 Å². The molecule has 0 amide bonds. The average Bonchev–Trinajstić information content (AvgIpc) is 2.92. The van der Waals surface area contributed by atoms with Crippen LogP contribution in [0, 0.1) is 20.8 Å². The topological polar surface area (TPSA) is 57.0 Å². The molecule has 2 heterocycles. The van der Waals surface area contributed by atoms with Gasteiger partial charge in [0, 0.05) is 23.2 Å². The van der Waals surface area contributed by atoms with Gasteiger partial charge in [-0.3, -0.25) is 4.68 Å². The standard InChI is InChI=1S/C16H19N3O/c1-10-11(2)18-19(12(10)3)9-16-14(8-17)13-6-4-5-7-15(13)20-16/h4-7H,8-9,17H2,1-3H3. The van der Waals surface area contributed by atoms with E-state index in [4.69, 9.17) is 10.2 Å². The summed E-state index contributed by atoms with van der Waals surface area (Å²) in [5.41, 5.74) is 11.3. The van der Waals surface area contributed by atoms with Crippen LogP contribution in [0.1, 0.15) is 28.3 Å². The normalized spacial score (nSPS) is 11.4. The quantitative estimate of drug-likeness (QED) is 0.795. The first-order valence-corrected chi connectivity index (χ1v) is 6.81. The number of hydrogen-bond donors (Lipinski definition) is 1. The summed E-state index contributed by atoms with van der Waals surface area (Å²) in [5, 5.41) is 5.67. The van der Waals surface area contributed by atoms with Gasteiger partial charge in [0.2, 0.25) is 0 Å². The number of rotatable bonds is 3. The van der Waals surface area contributed by atoms with Crippen LogP contribution in [0.4, 0.5) is 0 Å². The molecule has 3 aromatic rings. The number of hydrogen-bond acceptors (Lipinski definition) is 3. The van der Waals surface area contributed by atoms with Crippen LogP contribution < -0.4 is 5.73 Å². The molecule has 0 fully saturated rings. The third-order valence-corrected chi connectivity index (χ3v) is 4.02. The summed E-state index contributed by atoms with van der Waals surface area (Å²) in [6.07, 6.45) is 0. The van der Waals surface area contributed by atoms with Gasteiger partial charge >= 0.3 is 0 Å². The molecule has 0 unspecified atom stereocenters. The Morgan fingerprint density at radius 2 is 1.95 bits per heavy atom. The zero-order valence-electron chi connectivity index (χ0n) is 12.1. The van der Waals surface area contributed by atoms with Gasteiger partial charge in [-0.25, -0.2) is 0 Å². The van der Waals surface area contributed by atoms with E-state index in [2.05, 4.69) is 25.0 Å². The van der Waals surface area contributed by atoms with Crippen molar-refractivity contribution in [3.05, 3.63) is 52.5 Å². The van der Waals surface area contributed by atoms with Crippen molar-refractivity contribution in [1.82, 2.24) is 9.78 Å². The predicted octanol–water partition coefficient (Wildman–Crippen LogP) is 3.06. The van der Waals surface area contributed by atoms with E-state index in [9.17, 15) is 0 Å². The first-order valence-electron chi connectivity index (χ1n) is 6.81.